The number of pyridine rings is 1. The van der Waals surface area contributed by atoms with Gasteiger partial charge < -0.3 is 14.2 Å². The molecule has 1 aromatic carbocycles. The number of carbonyl (C=O) groups is 1. The molecule has 9 nitrogen and oxygen atoms in total. The molecule has 0 unspecified atom stereocenters. The van der Waals surface area contributed by atoms with E-state index < -0.39 is 10.0 Å². The van der Waals surface area contributed by atoms with Crippen LogP contribution in [0.2, 0.25) is 0 Å². The van der Waals surface area contributed by atoms with Gasteiger partial charge in [-0.2, -0.15) is 0 Å². The van der Waals surface area contributed by atoms with Crippen LogP contribution >= 0.6 is 0 Å². The minimum atomic E-state index is -3.99. The van der Waals surface area contributed by atoms with Gasteiger partial charge in [0, 0.05) is 41.4 Å². The molecule has 1 saturated heterocycles. The van der Waals surface area contributed by atoms with Crippen LogP contribution in [0.25, 0.3) is 11.3 Å². The zero-order chi connectivity index (χ0) is 22.8. The molecular formula is C23H22N4O5S. The summed E-state index contributed by atoms with van der Waals surface area (Å²) in [6.45, 7) is 1.11. The summed E-state index contributed by atoms with van der Waals surface area (Å²) in [4.78, 5) is 17.8. The van der Waals surface area contributed by atoms with Crippen molar-refractivity contribution in [3.8, 4) is 17.2 Å². The zero-order valence-electron chi connectivity index (χ0n) is 18.0. The smallest absolute Gasteiger partial charge is 0.268 e. The molecular weight excluding hydrogens is 444 g/mol. The number of rotatable bonds is 5. The van der Waals surface area contributed by atoms with Crippen molar-refractivity contribution in [3.63, 3.8) is 0 Å². The molecule has 1 saturated carbocycles. The lowest BCUT2D eigenvalue weighted by Gasteiger charge is -2.26. The molecule has 3 heterocycles. The molecule has 1 spiro atoms. The Morgan fingerprint density at radius 2 is 2.09 bits per heavy atom. The average molecular weight is 467 g/mol. The molecule has 6 rings (SSSR count). The number of hydrogen-bond acceptors (Lipinski definition) is 8. The van der Waals surface area contributed by atoms with Crippen molar-refractivity contribution in [2.75, 3.05) is 29.8 Å². The van der Waals surface area contributed by atoms with Gasteiger partial charge in [0.15, 0.2) is 17.4 Å². The summed E-state index contributed by atoms with van der Waals surface area (Å²) in [6.07, 6.45) is 4.72. The number of benzene rings is 1. The highest BCUT2D eigenvalue weighted by Gasteiger charge is 2.50. The highest BCUT2D eigenvalue weighted by molar-refractivity contribution is 7.92. The van der Waals surface area contributed by atoms with E-state index in [9.17, 15) is 13.2 Å². The Kier molecular flexibility index (Phi) is 4.32. The van der Waals surface area contributed by atoms with E-state index in [2.05, 4.69) is 31.9 Å². The Labute approximate surface area is 190 Å². The third-order valence-electron chi connectivity index (χ3n) is 6.82. The van der Waals surface area contributed by atoms with Crippen molar-refractivity contribution < 1.29 is 22.5 Å². The number of ether oxygens (including phenoxy) is 1. The van der Waals surface area contributed by atoms with Gasteiger partial charge in [0.2, 0.25) is 5.88 Å². The van der Waals surface area contributed by atoms with Crippen molar-refractivity contribution in [1.29, 1.82) is 0 Å². The lowest BCUT2D eigenvalue weighted by Crippen LogP contribution is -2.22. The molecule has 1 N–H and O–H groups in total. The maximum absolute atomic E-state index is 13.1. The fourth-order valence-corrected chi connectivity index (χ4v) is 6.09. The molecule has 10 heteroatoms. The number of fused-ring (bicyclic) bond motifs is 4. The first kappa shape index (κ1) is 20.2. The monoisotopic (exact) mass is 466 g/mol. The minimum absolute atomic E-state index is 0.0103. The average Bonchev–Trinajstić information content (AvgIpc) is 3.27. The van der Waals surface area contributed by atoms with Gasteiger partial charge in [0.1, 0.15) is 4.90 Å². The van der Waals surface area contributed by atoms with E-state index in [1.165, 1.54) is 31.0 Å². The van der Waals surface area contributed by atoms with E-state index in [0.29, 0.717) is 31.7 Å². The molecule has 0 bridgehead atoms. The van der Waals surface area contributed by atoms with Crippen LogP contribution in [0.5, 0.6) is 5.88 Å². The van der Waals surface area contributed by atoms with Crippen LogP contribution in [0.1, 0.15) is 30.4 Å². The predicted octanol–water partition coefficient (Wildman–Crippen LogP) is 2.91. The Morgan fingerprint density at radius 1 is 1.24 bits per heavy atom. The Balaban J connectivity index is 1.40. The summed E-state index contributed by atoms with van der Waals surface area (Å²) in [7, 11) is -2.61. The number of aromatic nitrogens is 2. The second-order valence-electron chi connectivity index (χ2n) is 8.85. The van der Waals surface area contributed by atoms with Crippen molar-refractivity contribution in [2.24, 2.45) is 0 Å². The highest BCUT2D eigenvalue weighted by Crippen LogP contribution is 2.58. The van der Waals surface area contributed by atoms with Gasteiger partial charge in [-0.1, -0.05) is 11.2 Å². The SMILES string of the molecule is COc1ncccc1S(=O)(=O)Nc1noc2c1CC1(CC1)c1ccc(N3CCC(=O)C3)cc1-2. The number of anilines is 2. The van der Waals surface area contributed by atoms with Gasteiger partial charge in [-0.15, -0.1) is 0 Å². The van der Waals surface area contributed by atoms with Crippen LogP contribution in [0, 0.1) is 0 Å². The van der Waals surface area contributed by atoms with Crippen LogP contribution in [0.15, 0.2) is 45.9 Å². The first-order valence-corrected chi connectivity index (χ1v) is 12.3. The minimum Gasteiger partial charge on any atom is -0.480 e. The molecule has 0 atom stereocenters. The second-order valence-corrected chi connectivity index (χ2v) is 10.5. The van der Waals surface area contributed by atoms with E-state index in [0.717, 1.165) is 29.7 Å². The van der Waals surface area contributed by atoms with Crippen molar-refractivity contribution >= 4 is 27.3 Å². The second kappa shape index (κ2) is 7.05. The highest BCUT2D eigenvalue weighted by atomic mass is 32.2. The van der Waals surface area contributed by atoms with Gasteiger partial charge in [0.05, 0.1) is 13.7 Å². The quantitative estimate of drug-likeness (QED) is 0.610. The normalized spacial score (nSPS) is 18.2. The Hall–Kier alpha value is -3.40. The standard InChI is InChI=1S/C23H22N4O5S/c1-31-22-19(3-2-9-24-22)33(29,30)26-21-17-12-23(7-8-23)18-5-4-14(27-10-6-15(28)13-27)11-16(18)20(17)32-25-21/h2-5,9,11H,6-8,10,12-13H2,1H3,(H,25,26). The first-order valence-electron chi connectivity index (χ1n) is 10.8. The summed E-state index contributed by atoms with van der Waals surface area (Å²) < 4.78 is 39.6. The number of sulfonamides is 1. The third-order valence-corrected chi connectivity index (χ3v) is 8.17. The molecule has 3 aromatic rings. The van der Waals surface area contributed by atoms with E-state index >= 15 is 0 Å². The van der Waals surface area contributed by atoms with Crippen LogP contribution in [-0.2, 0) is 26.7 Å². The van der Waals surface area contributed by atoms with Gasteiger partial charge in [0.25, 0.3) is 10.0 Å². The molecule has 1 aliphatic heterocycles. The fraction of sp³-hybridized carbons (Fsp3) is 0.348. The fourth-order valence-electron chi connectivity index (χ4n) is 4.94. The summed E-state index contributed by atoms with van der Waals surface area (Å²) in [5.74, 6) is 1.01. The van der Waals surface area contributed by atoms with Gasteiger partial charge in [-0.3, -0.25) is 9.52 Å². The maximum atomic E-state index is 13.1. The summed E-state index contributed by atoms with van der Waals surface area (Å²) in [6, 6.07) is 9.20. The van der Waals surface area contributed by atoms with Gasteiger partial charge in [-0.05, 0) is 49.1 Å². The van der Waals surface area contributed by atoms with Crippen LogP contribution in [0.4, 0.5) is 11.5 Å². The van der Waals surface area contributed by atoms with E-state index in [-0.39, 0.29) is 27.8 Å². The van der Waals surface area contributed by atoms with Crippen LogP contribution < -0.4 is 14.4 Å². The lowest BCUT2D eigenvalue weighted by atomic mass is 9.79. The molecule has 0 amide bonds. The van der Waals surface area contributed by atoms with Crippen LogP contribution in [0.3, 0.4) is 0 Å². The van der Waals surface area contributed by atoms with Crippen molar-refractivity contribution in [3.05, 3.63) is 47.7 Å². The number of carbonyl (C=O) groups excluding carboxylic acids is 1. The zero-order valence-corrected chi connectivity index (χ0v) is 18.8. The van der Waals surface area contributed by atoms with E-state index in [4.69, 9.17) is 9.26 Å². The Morgan fingerprint density at radius 3 is 2.82 bits per heavy atom. The molecule has 2 aromatic heterocycles. The number of hydrogen-bond donors (Lipinski definition) is 1. The number of Topliss-reactive ketones (excluding diaryl/α,β-unsaturated/α-hetero) is 1. The van der Waals surface area contributed by atoms with Crippen molar-refractivity contribution in [2.45, 2.75) is 36.0 Å². The summed E-state index contributed by atoms with van der Waals surface area (Å²) >= 11 is 0. The predicted molar refractivity (Wildman–Crippen MR) is 120 cm³/mol. The van der Waals surface area contributed by atoms with E-state index in [1.54, 1.807) is 0 Å². The molecule has 0 radical (unpaired) electrons. The molecule has 33 heavy (non-hydrogen) atoms. The van der Waals surface area contributed by atoms with Gasteiger partial charge >= 0.3 is 0 Å². The Bertz CT molecular complexity index is 1390. The molecule has 2 fully saturated rings. The largest absolute Gasteiger partial charge is 0.480 e. The summed E-state index contributed by atoms with van der Waals surface area (Å²) in [5, 5.41) is 4.10. The number of ketones is 1. The number of methoxy groups -OCH3 is 1. The first-order chi connectivity index (χ1) is 15.9. The van der Waals surface area contributed by atoms with Crippen LogP contribution in [-0.4, -0.2) is 44.5 Å². The lowest BCUT2D eigenvalue weighted by molar-refractivity contribution is -0.116. The summed E-state index contributed by atoms with van der Waals surface area (Å²) in [5.41, 5.74) is 3.80. The molecule has 3 aliphatic rings. The van der Waals surface area contributed by atoms with E-state index in [1.807, 2.05) is 6.07 Å². The maximum Gasteiger partial charge on any atom is 0.268 e. The third kappa shape index (κ3) is 3.19. The number of nitrogens with zero attached hydrogens (tertiary/aromatic N) is 3. The topological polar surface area (TPSA) is 115 Å². The van der Waals surface area contributed by atoms with Gasteiger partial charge in [-0.25, -0.2) is 13.4 Å². The van der Waals surface area contributed by atoms with Crippen molar-refractivity contribution in [1.82, 2.24) is 10.1 Å². The number of nitrogens with one attached hydrogen (secondary N) is 1. The molecule has 170 valence electrons. The molecule has 2 aliphatic carbocycles.